The third-order valence-corrected chi connectivity index (χ3v) is 2.50. The van der Waals surface area contributed by atoms with E-state index in [9.17, 15) is 9.59 Å². The Hall–Kier alpha value is -1.30. The van der Waals surface area contributed by atoms with Crippen molar-refractivity contribution in [1.82, 2.24) is 10.2 Å². The zero-order valence-corrected chi connectivity index (χ0v) is 10.3. The maximum atomic E-state index is 11.8. The minimum absolute atomic E-state index is 0.0883. The van der Waals surface area contributed by atoms with Gasteiger partial charge in [0.25, 0.3) is 0 Å². The summed E-state index contributed by atoms with van der Waals surface area (Å²) in [5.74, 6) is -0.982. The van der Waals surface area contributed by atoms with Gasteiger partial charge in [-0.1, -0.05) is 0 Å². The molecule has 0 spiro atoms. The number of urea groups is 1. The topological polar surface area (TPSA) is 78.9 Å². The van der Waals surface area contributed by atoms with E-state index in [0.717, 1.165) is 12.8 Å². The van der Waals surface area contributed by atoms with E-state index < -0.39 is 5.97 Å². The molecule has 0 saturated heterocycles. The Labute approximate surface area is 101 Å². The lowest BCUT2D eigenvalue weighted by Gasteiger charge is -2.23. The van der Waals surface area contributed by atoms with Crippen molar-refractivity contribution in [1.29, 1.82) is 0 Å². The number of carbonyl (C=O) groups excluding carboxylic acids is 1. The van der Waals surface area contributed by atoms with Gasteiger partial charge in [0, 0.05) is 12.6 Å². The number of hydrogen-bond donors (Lipinski definition) is 2. The highest BCUT2D eigenvalue weighted by Gasteiger charge is 2.34. The van der Waals surface area contributed by atoms with E-state index >= 15 is 0 Å². The molecule has 1 fully saturated rings. The molecule has 6 heteroatoms. The molecule has 0 bridgehead atoms. The zero-order valence-electron chi connectivity index (χ0n) is 10.3. The van der Waals surface area contributed by atoms with Gasteiger partial charge in [0.2, 0.25) is 0 Å². The molecule has 2 N–H and O–H groups in total. The number of aliphatic carboxylic acids is 1. The summed E-state index contributed by atoms with van der Waals surface area (Å²) in [4.78, 5) is 23.9. The number of carbonyl (C=O) groups is 2. The van der Waals surface area contributed by atoms with Gasteiger partial charge in [0.15, 0.2) is 0 Å². The molecule has 0 aromatic heterocycles. The van der Waals surface area contributed by atoms with Gasteiger partial charge in [-0.3, -0.25) is 4.79 Å². The third-order valence-electron chi connectivity index (χ3n) is 2.50. The van der Waals surface area contributed by atoms with Crippen molar-refractivity contribution in [3.05, 3.63) is 0 Å². The summed E-state index contributed by atoms with van der Waals surface area (Å²) in [6, 6.07) is -0.343. The van der Waals surface area contributed by atoms with Crippen molar-refractivity contribution in [2.45, 2.75) is 38.8 Å². The van der Waals surface area contributed by atoms with Crippen LogP contribution in [0.2, 0.25) is 0 Å². The number of nitrogens with one attached hydrogen (secondary N) is 1. The van der Waals surface area contributed by atoms with E-state index in [1.54, 1.807) is 0 Å². The molecule has 1 aliphatic carbocycles. The molecule has 2 amide bonds. The molecule has 1 rings (SSSR count). The predicted octanol–water partition coefficient (Wildman–Crippen LogP) is 0.670. The van der Waals surface area contributed by atoms with Gasteiger partial charge in [0.1, 0.15) is 6.54 Å². The number of carboxylic acids is 1. The second kappa shape index (κ2) is 6.44. The standard InChI is InChI=1S/C11H20N2O4/c1-3-17-7-8(2)12-11(16)13(6-10(14)15)9-4-5-9/h8-9H,3-7H2,1-2H3,(H,12,16)(H,14,15). The number of nitrogens with zero attached hydrogens (tertiary/aromatic N) is 1. The number of carboxylic acid groups (broad SMARTS) is 1. The fourth-order valence-corrected chi connectivity index (χ4v) is 1.53. The molecule has 0 aromatic carbocycles. The molecule has 0 aromatic rings. The average molecular weight is 244 g/mol. The molecule has 0 heterocycles. The second-order valence-corrected chi connectivity index (χ2v) is 4.26. The Morgan fingerprint density at radius 1 is 1.53 bits per heavy atom. The van der Waals surface area contributed by atoms with Gasteiger partial charge in [0.05, 0.1) is 12.6 Å². The first-order valence-corrected chi connectivity index (χ1v) is 5.91. The van der Waals surface area contributed by atoms with Crippen molar-refractivity contribution >= 4 is 12.0 Å². The SMILES string of the molecule is CCOCC(C)NC(=O)N(CC(=O)O)C1CC1. The molecule has 1 unspecified atom stereocenters. The molecule has 98 valence electrons. The van der Waals surface area contributed by atoms with Gasteiger partial charge >= 0.3 is 12.0 Å². The minimum Gasteiger partial charge on any atom is -0.480 e. The molecule has 0 aliphatic heterocycles. The summed E-state index contributed by atoms with van der Waals surface area (Å²) < 4.78 is 5.18. The maximum Gasteiger partial charge on any atom is 0.323 e. The van der Waals surface area contributed by atoms with Gasteiger partial charge in [-0.15, -0.1) is 0 Å². The van der Waals surface area contributed by atoms with Gasteiger partial charge in [-0.25, -0.2) is 4.79 Å². The van der Waals surface area contributed by atoms with Crippen LogP contribution in [-0.2, 0) is 9.53 Å². The van der Waals surface area contributed by atoms with Crippen LogP contribution in [0, 0.1) is 0 Å². The Morgan fingerprint density at radius 3 is 2.65 bits per heavy atom. The van der Waals surface area contributed by atoms with Crippen molar-refractivity contribution in [3.8, 4) is 0 Å². The van der Waals surface area contributed by atoms with Crippen molar-refractivity contribution in [2.75, 3.05) is 19.8 Å². The number of rotatable bonds is 7. The second-order valence-electron chi connectivity index (χ2n) is 4.26. The van der Waals surface area contributed by atoms with Crippen LogP contribution in [0.1, 0.15) is 26.7 Å². The number of ether oxygens (including phenoxy) is 1. The highest BCUT2D eigenvalue weighted by atomic mass is 16.5. The summed E-state index contributed by atoms with van der Waals surface area (Å²) in [7, 11) is 0. The van der Waals surface area contributed by atoms with E-state index in [4.69, 9.17) is 9.84 Å². The van der Waals surface area contributed by atoms with Gasteiger partial charge in [-0.05, 0) is 26.7 Å². The van der Waals surface area contributed by atoms with Gasteiger partial charge < -0.3 is 20.1 Å². The fraction of sp³-hybridized carbons (Fsp3) is 0.818. The van der Waals surface area contributed by atoms with Crippen LogP contribution in [-0.4, -0.2) is 53.8 Å². The van der Waals surface area contributed by atoms with Crippen molar-refractivity contribution in [2.24, 2.45) is 0 Å². The van der Waals surface area contributed by atoms with Crippen molar-refractivity contribution in [3.63, 3.8) is 0 Å². The van der Waals surface area contributed by atoms with E-state index in [1.807, 2.05) is 13.8 Å². The molecular formula is C11H20N2O4. The minimum atomic E-state index is -0.982. The monoisotopic (exact) mass is 244 g/mol. The average Bonchev–Trinajstić information content (AvgIpc) is 3.06. The molecule has 1 aliphatic rings. The van der Waals surface area contributed by atoms with E-state index in [0.29, 0.717) is 13.2 Å². The first-order chi connectivity index (χ1) is 8.04. The molecular weight excluding hydrogens is 224 g/mol. The van der Waals surface area contributed by atoms with Crippen molar-refractivity contribution < 1.29 is 19.4 Å². The third kappa shape index (κ3) is 5.04. The summed E-state index contributed by atoms with van der Waals surface area (Å²) in [6.07, 6.45) is 1.78. The summed E-state index contributed by atoms with van der Waals surface area (Å²) in [5, 5.41) is 11.5. The van der Waals surface area contributed by atoms with Crippen LogP contribution >= 0.6 is 0 Å². The lowest BCUT2D eigenvalue weighted by Crippen LogP contribution is -2.48. The summed E-state index contributed by atoms with van der Waals surface area (Å²) >= 11 is 0. The van der Waals surface area contributed by atoms with E-state index in [-0.39, 0.29) is 24.7 Å². The summed E-state index contributed by atoms with van der Waals surface area (Å²) in [5.41, 5.74) is 0. The molecule has 17 heavy (non-hydrogen) atoms. The predicted molar refractivity (Wildman–Crippen MR) is 61.9 cm³/mol. The smallest absolute Gasteiger partial charge is 0.323 e. The quantitative estimate of drug-likeness (QED) is 0.690. The number of hydrogen-bond acceptors (Lipinski definition) is 3. The molecule has 6 nitrogen and oxygen atoms in total. The van der Waals surface area contributed by atoms with Crippen LogP contribution in [0.4, 0.5) is 4.79 Å². The lowest BCUT2D eigenvalue weighted by molar-refractivity contribution is -0.137. The molecule has 0 radical (unpaired) electrons. The molecule has 1 saturated carbocycles. The van der Waals surface area contributed by atoms with E-state index in [1.165, 1.54) is 4.90 Å². The zero-order chi connectivity index (χ0) is 12.8. The largest absolute Gasteiger partial charge is 0.480 e. The Kier molecular flexibility index (Phi) is 5.21. The first kappa shape index (κ1) is 13.8. The van der Waals surface area contributed by atoms with Crippen LogP contribution in [0.5, 0.6) is 0 Å². The van der Waals surface area contributed by atoms with Crippen LogP contribution in [0.25, 0.3) is 0 Å². The van der Waals surface area contributed by atoms with Gasteiger partial charge in [-0.2, -0.15) is 0 Å². The number of amides is 2. The van der Waals surface area contributed by atoms with Crippen LogP contribution in [0.15, 0.2) is 0 Å². The Balaban J connectivity index is 2.39. The first-order valence-electron chi connectivity index (χ1n) is 5.91. The Bertz CT molecular complexity index is 279. The highest BCUT2D eigenvalue weighted by molar-refractivity contribution is 5.80. The maximum absolute atomic E-state index is 11.8. The van der Waals surface area contributed by atoms with Crippen LogP contribution in [0.3, 0.4) is 0 Å². The van der Waals surface area contributed by atoms with E-state index in [2.05, 4.69) is 5.32 Å². The fourth-order valence-electron chi connectivity index (χ4n) is 1.53. The lowest BCUT2D eigenvalue weighted by atomic mass is 10.3. The normalized spacial score (nSPS) is 16.4. The molecule has 1 atom stereocenters. The Morgan fingerprint density at radius 2 is 2.18 bits per heavy atom. The summed E-state index contributed by atoms with van der Waals surface area (Å²) in [6.45, 7) is 4.52. The van der Waals surface area contributed by atoms with Crippen LogP contribution < -0.4 is 5.32 Å². The highest BCUT2D eigenvalue weighted by Crippen LogP contribution is 2.26.